The Morgan fingerprint density at radius 3 is 2.34 bits per heavy atom. The number of ether oxygens (including phenoxy) is 1. The van der Waals surface area contributed by atoms with Crippen molar-refractivity contribution in [1.29, 1.82) is 0 Å². The molecule has 29 heavy (non-hydrogen) atoms. The number of amides is 2. The Hall–Kier alpha value is -1.92. The average Bonchev–Trinajstić information content (AvgIpc) is 2.69. The standard InChI is InChI=1S/C23H37N3O3/c1-16(2)14-19(26-10-12-29-13-11-26)15-24-23(28)21(17(3)4)25-22(27)20-9-7-6-8-18(20)5/h6-9,16-17,19,21H,10-15H2,1-5H3,(H,24,28)(H,25,27). The number of aryl methyl sites for hydroxylation is 1. The summed E-state index contributed by atoms with van der Waals surface area (Å²) in [5.74, 6) is 0.212. The summed E-state index contributed by atoms with van der Waals surface area (Å²) in [4.78, 5) is 28.0. The third-order valence-corrected chi connectivity index (χ3v) is 5.44. The molecule has 1 aliphatic rings. The van der Waals surface area contributed by atoms with Crippen LogP contribution in [0.15, 0.2) is 24.3 Å². The van der Waals surface area contributed by atoms with Gasteiger partial charge >= 0.3 is 0 Å². The molecule has 2 rings (SSSR count). The second-order valence-electron chi connectivity index (χ2n) is 8.69. The van der Waals surface area contributed by atoms with E-state index in [4.69, 9.17) is 4.74 Å². The van der Waals surface area contributed by atoms with Gasteiger partial charge in [-0.05, 0) is 36.8 Å². The van der Waals surface area contributed by atoms with E-state index in [-0.39, 0.29) is 23.8 Å². The van der Waals surface area contributed by atoms with Gasteiger partial charge < -0.3 is 15.4 Å². The van der Waals surface area contributed by atoms with Crippen molar-refractivity contribution in [2.45, 2.75) is 53.1 Å². The lowest BCUT2D eigenvalue weighted by Crippen LogP contribution is -2.54. The van der Waals surface area contributed by atoms with Crippen LogP contribution in [-0.2, 0) is 9.53 Å². The fourth-order valence-corrected chi connectivity index (χ4v) is 3.76. The predicted molar refractivity (Wildman–Crippen MR) is 116 cm³/mol. The lowest BCUT2D eigenvalue weighted by atomic mass is 10.00. The Morgan fingerprint density at radius 1 is 1.10 bits per heavy atom. The molecule has 2 atom stereocenters. The van der Waals surface area contributed by atoms with Crippen molar-refractivity contribution in [1.82, 2.24) is 15.5 Å². The Labute approximate surface area is 175 Å². The highest BCUT2D eigenvalue weighted by Gasteiger charge is 2.27. The van der Waals surface area contributed by atoms with Crippen LogP contribution in [0.25, 0.3) is 0 Å². The molecular formula is C23H37N3O3. The van der Waals surface area contributed by atoms with E-state index in [1.54, 1.807) is 6.07 Å². The largest absolute Gasteiger partial charge is 0.379 e. The SMILES string of the molecule is Cc1ccccc1C(=O)NC(C(=O)NCC(CC(C)C)N1CCOCC1)C(C)C. The number of hydrogen-bond donors (Lipinski definition) is 2. The van der Waals surface area contributed by atoms with E-state index in [1.165, 1.54) is 0 Å². The van der Waals surface area contributed by atoms with Gasteiger partial charge in [-0.3, -0.25) is 14.5 Å². The molecule has 0 spiro atoms. The van der Waals surface area contributed by atoms with Gasteiger partial charge in [-0.2, -0.15) is 0 Å². The summed E-state index contributed by atoms with van der Waals surface area (Å²) in [5, 5.41) is 6.03. The first-order valence-corrected chi connectivity index (χ1v) is 10.8. The molecule has 0 bridgehead atoms. The minimum atomic E-state index is -0.563. The molecule has 6 heteroatoms. The fourth-order valence-electron chi connectivity index (χ4n) is 3.76. The maximum Gasteiger partial charge on any atom is 0.252 e. The molecule has 0 aromatic heterocycles. The second kappa shape index (κ2) is 11.3. The molecule has 0 radical (unpaired) electrons. The number of nitrogens with one attached hydrogen (secondary N) is 2. The van der Waals surface area contributed by atoms with Gasteiger partial charge in [-0.15, -0.1) is 0 Å². The van der Waals surface area contributed by atoms with Crippen molar-refractivity contribution in [3.05, 3.63) is 35.4 Å². The molecule has 1 fully saturated rings. The van der Waals surface area contributed by atoms with Crippen LogP contribution in [0.4, 0.5) is 0 Å². The molecule has 2 amide bonds. The zero-order valence-corrected chi connectivity index (χ0v) is 18.5. The van der Waals surface area contributed by atoms with E-state index in [0.29, 0.717) is 18.0 Å². The lowest BCUT2D eigenvalue weighted by molar-refractivity contribution is -0.124. The average molecular weight is 404 g/mol. The Balaban J connectivity index is 2.00. The lowest BCUT2D eigenvalue weighted by Gasteiger charge is -2.36. The van der Waals surface area contributed by atoms with Crippen LogP contribution in [0.2, 0.25) is 0 Å². The summed E-state index contributed by atoms with van der Waals surface area (Å²) in [7, 11) is 0. The van der Waals surface area contributed by atoms with Crippen LogP contribution in [0.5, 0.6) is 0 Å². The molecule has 1 aromatic rings. The molecule has 162 valence electrons. The van der Waals surface area contributed by atoms with Gasteiger partial charge in [0, 0.05) is 31.2 Å². The van der Waals surface area contributed by atoms with E-state index in [9.17, 15) is 9.59 Å². The van der Waals surface area contributed by atoms with Crippen LogP contribution in [0.3, 0.4) is 0 Å². The summed E-state index contributed by atoms with van der Waals surface area (Å²) < 4.78 is 5.47. The molecule has 1 aromatic carbocycles. The van der Waals surface area contributed by atoms with Crippen molar-refractivity contribution in [3.63, 3.8) is 0 Å². The number of hydrogen-bond acceptors (Lipinski definition) is 4. The molecule has 0 aliphatic carbocycles. The molecule has 1 heterocycles. The van der Waals surface area contributed by atoms with Gasteiger partial charge in [0.15, 0.2) is 0 Å². The van der Waals surface area contributed by atoms with Gasteiger partial charge in [0.25, 0.3) is 5.91 Å². The zero-order valence-electron chi connectivity index (χ0n) is 18.5. The molecule has 6 nitrogen and oxygen atoms in total. The van der Waals surface area contributed by atoms with Crippen LogP contribution in [-0.4, -0.2) is 61.6 Å². The number of carbonyl (C=O) groups is 2. The zero-order chi connectivity index (χ0) is 21.4. The van der Waals surface area contributed by atoms with E-state index in [1.807, 2.05) is 39.0 Å². The summed E-state index contributed by atoms with van der Waals surface area (Å²) in [6.45, 7) is 14.1. The van der Waals surface area contributed by atoms with Crippen LogP contribution in [0.1, 0.15) is 50.0 Å². The molecule has 1 saturated heterocycles. The Kier molecular flexibility index (Phi) is 9.11. The first-order chi connectivity index (χ1) is 13.8. The van der Waals surface area contributed by atoms with Gasteiger partial charge in [0.2, 0.25) is 5.91 Å². The first-order valence-electron chi connectivity index (χ1n) is 10.8. The van der Waals surface area contributed by atoms with Crippen molar-refractivity contribution in [2.75, 3.05) is 32.8 Å². The van der Waals surface area contributed by atoms with Crippen LogP contribution >= 0.6 is 0 Å². The predicted octanol–water partition coefficient (Wildman–Crippen LogP) is 2.61. The number of morpholine rings is 1. The third kappa shape index (κ3) is 7.12. The van der Waals surface area contributed by atoms with Gasteiger partial charge in [0.05, 0.1) is 13.2 Å². The molecule has 1 aliphatic heterocycles. The first kappa shape index (κ1) is 23.4. The number of benzene rings is 1. The monoisotopic (exact) mass is 403 g/mol. The molecule has 2 N–H and O–H groups in total. The normalized spacial score (nSPS) is 17.2. The minimum absolute atomic E-state index is 0.00472. The van der Waals surface area contributed by atoms with Crippen LogP contribution in [0, 0.1) is 18.8 Å². The number of rotatable bonds is 9. The third-order valence-electron chi connectivity index (χ3n) is 5.44. The van der Waals surface area contributed by atoms with Crippen molar-refractivity contribution < 1.29 is 14.3 Å². The molecule has 0 saturated carbocycles. The summed E-state index contributed by atoms with van der Waals surface area (Å²) in [6, 6.07) is 7.15. The van der Waals surface area contributed by atoms with Crippen molar-refractivity contribution >= 4 is 11.8 Å². The maximum absolute atomic E-state index is 12.9. The molecular weight excluding hydrogens is 366 g/mol. The topological polar surface area (TPSA) is 70.7 Å². The quantitative estimate of drug-likeness (QED) is 0.665. The van der Waals surface area contributed by atoms with Crippen LogP contribution < -0.4 is 10.6 Å². The minimum Gasteiger partial charge on any atom is -0.379 e. The molecule has 2 unspecified atom stereocenters. The summed E-state index contributed by atoms with van der Waals surface area (Å²) in [6.07, 6.45) is 1.02. The van der Waals surface area contributed by atoms with Gasteiger partial charge in [-0.1, -0.05) is 45.9 Å². The highest BCUT2D eigenvalue weighted by atomic mass is 16.5. The van der Waals surface area contributed by atoms with E-state index >= 15 is 0 Å². The van der Waals surface area contributed by atoms with Crippen molar-refractivity contribution in [3.8, 4) is 0 Å². The van der Waals surface area contributed by atoms with E-state index < -0.39 is 6.04 Å². The van der Waals surface area contributed by atoms with E-state index in [0.717, 1.165) is 38.3 Å². The Bertz CT molecular complexity index is 669. The highest BCUT2D eigenvalue weighted by Crippen LogP contribution is 2.14. The van der Waals surface area contributed by atoms with Crippen molar-refractivity contribution in [2.24, 2.45) is 11.8 Å². The highest BCUT2D eigenvalue weighted by molar-refractivity contribution is 5.98. The Morgan fingerprint density at radius 2 is 1.76 bits per heavy atom. The van der Waals surface area contributed by atoms with E-state index in [2.05, 4.69) is 29.4 Å². The van der Waals surface area contributed by atoms with Gasteiger partial charge in [-0.25, -0.2) is 0 Å². The number of carbonyl (C=O) groups excluding carboxylic acids is 2. The summed E-state index contributed by atoms with van der Waals surface area (Å²) in [5.41, 5.74) is 1.51. The smallest absolute Gasteiger partial charge is 0.252 e. The maximum atomic E-state index is 12.9. The fraction of sp³-hybridized carbons (Fsp3) is 0.652. The van der Waals surface area contributed by atoms with Gasteiger partial charge in [0.1, 0.15) is 6.04 Å². The number of nitrogens with zero attached hydrogens (tertiary/aromatic N) is 1. The second-order valence-corrected chi connectivity index (χ2v) is 8.69. The summed E-state index contributed by atoms with van der Waals surface area (Å²) >= 11 is 0.